The lowest BCUT2D eigenvalue weighted by Gasteiger charge is -2.06. The van der Waals surface area contributed by atoms with Crippen molar-refractivity contribution in [3.05, 3.63) is 38.7 Å². The van der Waals surface area contributed by atoms with E-state index in [1.165, 1.54) is 32.9 Å². The Balaban J connectivity index is 2.64. The maximum Gasteiger partial charge on any atom is 0.184 e. The van der Waals surface area contributed by atoms with Gasteiger partial charge in [-0.1, -0.05) is 29.8 Å². The predicted molar refractivity (Wildman–Crippen MR) is 66.8 cm³/mol. The van der Waals surface area contributed by atoms with E-state index < -0.39 is 0 Å². The normalized spacial score (nSPS) is 10.7. The van der Waals surface area contributed by atoms with Gasteiger partial charge in [-0.25, -0.2) is 4.98 Å². The summed E-state index contributed by atoms with van der Waals surface area (Å²) in [4.78, 5) is 5.54. The summed E-state index contributed by atoms with van der Waals surface area (Å²) >= 11 is 7.45. The maximum atomic E-state index is 5.92. The number of halogens is 1. The Morgan fingerprint density at radius 2 is 1.93 bits per heavy atom. The maximum absolute atomic E-state index is 5.92. The highest BCUT2D eigenvalue weighted by molar-refractivity contribution is 7.16. The smallest absolute Gasteiger partial charge is 0.184 e. The minimum Gasteiger partial charge on any atom is -0.225 e. The number of rotatable bonds is 1. The van der Waals surface area contributed by atoms with Crippen molar-refractivity contribution < 1.29 is 0 Å². The van der Waals surface area contributed by atoms with E-state index in [1.807, 2.05) is 0 Å². The van der Waals surface area contributed by atoms with Crippen LogP contribution in [0.1, 0.15) is 16.0 Å². The van der Waals surface area contributed by atoms with Gasteiger partial charge < -0.3 is 0 Å². The molecule has 0 radical (unpaired) electrons. The largest absolute Gasteiger partial charge is 0.225 e. The summed E-state index contributed by atoms with van der Waals surface area (Å²) in [5.41, 5.74) is 4.78. The minimum absolute atomic E-state index is 0.614. The van der Waals surface area contributed by atoms with E-state index in [1.54, 1.807) is 0 Å². The lowest BCUT2D eigenvalue weighted by atomic mass is 10.0. The van der Waals surface area contributed by atoms with Crippen molar-refractivity contribution in [3.8, 4) is 11.3 Å². The van der Waals surface area contributed by atoms with Crippen LogP contribution >= 0.6 is 22.9 Å². The number of hydrogen-bond acceptors (Lipinski definition) is 2. The molecule has 2 aromatic rings. The fourth-order valence-corrected chi connectivity index (χ4v) is 2.70. The molecule has 0 spiro atoms. The van der Waals surface area contributed by atoms with Gasteiger partial charge in [0.1, 0.15) is 0 Å². The van der Waals surface area contributed by atoms with Crippen molar-refractivity contribution in [2.75, 3.05) is 0 Å². The predicted octanol–water partition coefficient (Wildman–Crippen LogP) is 4.39. The van der Waals surface area contributed by atoms with Crippen LogP contribution in [-0.4, -0.2) is 4.98 Å². The standard InChI is InChI=1S/C12H12ClNS/c1-7-5-4-6-10(8(7)2)11-9(3)15-12(13)14-11/h4-6H,1-3H3. The van der Waals surface area contributed by atoms with Crippen molar-refractivity contribution in [2.24, 2.45) is 0 Å². The van der Waals surface area contributed by atoms with Crippen molar-refractivity contribution in [1.82, 2.24) is 4.98 Å². The van der Waals surface area contributed by atoms with Gasteiger partial charge in [0.15, 0.2) is 4.47 Å². The second kappa shape index (κ2) is 3.95. The molecule has 1 heterocycles. The molecule has 1 nitrogen and oxygen atoms in total. The van der Waals surface area contributed by atoms with Gasteiger partial charge in [-0.3, -0.25) is 0 Å². The molecule has 0 amide bonds. The minimum atomic E-state index is 0.614. The zero-order valence-electron chi connectivity index (χ0n) is 8.97. The van der Waals surface area contributed by atoms with E-state index >= 15 is 0 Å². The summed E-state index contributed by atoms with van der Waals surface area (Å²) in [5, 5.41) is 0. The quantitative estimate of drug-likeness (QED) is 0.717. The van der Waals surface area contributed by atoms with Crippen LogP contribution in [0.4, 0.5) is 0 Å². The summed E-state index contributed by atoms with van der Waals surface area (Å²) in [5.74, 6) is 0. The summed E-state index contributed by atoms with van der Waals surface area (Å²) in [6.07, 6.45) is 0. The Labute approximate surface area is 98.7 Å². The van der Waals surface area contributed by atoms with E-state index in [0.717, 1.165) is 5.69 Å². The molecule has 0 N–H and O–H groups in total. The third kappa shape index (κ3) is 1.92. The average molecular weight is 238 g/mol. The molecule has 3 heteroatoms. The van der Waals surface area contributed by atoms with Gasteiger partial charge in [-0.15, -0.1) is 11.3 Å². The molecule has 0 aliphatic heterocycles. The van der Waals surface area contributed by atoms with Gasteiger partial charge in [0.05, 0.1) is 5.69 Å². The van der Waals surface area contributed by atoms with Crippen LogP contribution in [0.5, 0.6) is 0 Å². The molecule has 78 valence electrons. The van der Waals surface area contributed by atoms with Crippen molar-refractivity contribution in [2.45, 2.75) is 20.8 Å². The van der Waals surface area contributed by atoms with Crippen LogP contribution in [0, 0.1) is 20.8 Å². The SMILES string of the molecule is Cc1cccc(-c2nc(Cl)sc2C)c1C. The molecule has 1 aromatic carbocycles. The Kier molecular flexibility index (Phi) is 2.81. The molecule has 0 saturated carbocycles. The van der Waals surface area contributed by atoms with Crippen molar-refractivity contribution in [1.29, 1.82) is 0 Å². The number of aryl methyl sites for hydroxylation is 2. The van der Waals surface area contributed by atoms with Gasteiger partial charge in [0.25, 0.3) is 0 Å². The van der Waals surface area contributed by atoms with E-state index in [2.05, 4.69) is 44.0 Å². The van der Waals surface area contributed by atoms with Crippen LogP contribution < -0.4 is 0 Å². The number of benzene rings is 1. The van der Waals surface area contributed by atoms with Crippen LogP contribution in [0.25, 0.3) is 11.3 Å². The molecule has 0 aliphatic rings. The van der Waals surface area contributed by atoms with Gasteiger partial charge in [-0.2, -0.15) is 0 Å². The molecule has 0 aliphatic carbocycles. The highest BCUT2D eigenvalue weighted by Gasteiger charge is 2.11. The molecule has 0 unspecified atom stereocenters. The Bertz CT molecular complexity index is 502. The van der Waals surface area contributed by atoms with E-state index in [9.17, 15) is 0 Å². The Morgan fingerprint density at radius 1 is 1.20 bits per heavy atom. The van der Waals surface area contributed by atoms with Crippen LogP contribution in [0.3, 0.4) is 0 Å². The van der Waals surface area contributed by atoms with Crippen LogP contribution in [0.15, 0.2) is 18.2 Å². The molecule has 0 fully saturated rings. The number of thiazole rings is 1. The molecule has 15 heavy (non-hydrogen) atoms. The molecule has 0 bridgehead atoms. The van der Waals surface area contributed by atoms with E-state index in [0.29, 0.717) is 4.47 Å². The third-order valence-corrected chi connectivity index (χ3v) is 3.71. The zero-order chi connectivity index (χ0) is 11.0. The lowest BCUT2D eigenvalue weighted by Crippen LogP contribution is -1.88. The van der Waals surface area contributed by atoms with Gasteiger partial charge in [0, 0.05) is 10.4 Å². The molecule has 0 saturated heterocycles. The third-order valence-electron chi connectivity index (χ3n) is 2.63. The fraction of sp³-hybridized carbons (Fsp3) is 0.250. The van der Waals surface area contributed by atoms with Crippen molar-refractivity contribution in [3.63, 3.8) is 0 Å². The van der Waals surface area contributed by atoms with E-state index in [4.69, 9.17) is 11.6 Å². The van der Waals surface area contributed by atoms with E-state index in [-0.39, 0.29) is 0 Å². The topological polar surface area (TPSA) is 12.9 Å². The number of nitrogens with zero attached hydrogens (tertiary/aromatic N) is 1. The highest BCUT2D eigenvalue weighted by atomic mass is 35.5. The first-order chi connectivity index (χ1) is 7.09. The first kappa shape index (κ1) is 10.7. The van der Waals surface area contributed by atoms with Crippen LogP contribution in [0.2, 0.25) is 4.47 Å². The second-order valence-corrected chi connectivity index (χ2v) is 5.40. The molecular weight excluding hydrogens is 226 g/mol. The molecular formula is C12H12ClNS. The summed E-state index contributed by atoms with van der Waals surface area (Å²) < 4.78 is 0.614. The van der Waals surface area contributed by atoms with Gasteiger partial charge >= 0.3 is 0 Å². The van der Waals surface area contributed by atoms with Gasteiger partial charge in [0.2, 0.25) is 0 Å². The summed E-state index contributed by atoms with van der Waals surface area (Å²) in [6, 6.07) is 6.27. The first-order valence-corrected chi connectivity index (χ1v) is 5.98. The highest BCUT2D eigenvalue weighted by Crippen LogP contribution is 2.32. The molecule has 2 rings (SSSR count). The summed E-state index contributed by atoms with van der Waals surface area (Å²) in [6.45, 7) is 6.29. The Hall–Kier alpha value is -0.860. The van der Waals surface area contributed by atoms with Gasteiger partial charge in [-0.05, 0) is 31.9 Å². The monoisotopic (exact) mass is 237 g/mol. The zero-order valence-corrected chi connectivity index (χ0v) is 10.5. The van der Waals surface area contributed by atoms with Crippen molar-refractivity contribution >= 4 is 22.9 Å². The molecule has 0 atom stereocenters. The fourth-order valence-electron chi connectivity index (χ4n) is 1.62. The number of aromatic nitrogens is 1. The second-order valence-electron chi connectivity index (χ2n) is 3.62. The number of hydrogen-bond donors (Lipinski definition) is 0. The Morgan fingerprint density at radius 3 is 2.53 bits per heavy atom. The first-order valence-electron chi connectivity index (χ1n) is 4.79. The molecule has 1 aromatic heterocycles. The average Bonchev–Trinajstić information content (AvgIpc) is 2.50. The van der Waals surface area contributed by atoms with Crippen LogP contribution in [-0.2, 0) is 0 Å². The summed E-state index contributed by atoms with van der Waals surface area (Å²) in [7, 11) is 0. The lowest BCUT2D eigenvalue weighted by molar-refractivity contribution is 1.30.